The Morgan fingerprint density at radius 2 is 1.77 bits per heavy atom. The lowest BCUT2D eigenvalue weighted by molar-refractivity contribution is -0.385. The van der Waals surface area contributed by atoms with E-state index in [1.54, 1.807) is 11.0 Å². The highest BCUT2D eigenvalue weighted by Gasteiger charge is 2.28. The standard InChI is InChI=1S/C17H23N3O6/c1-17(2,3)26-16(22)19-9-7-18(8-10-19)12-5-6-13(15(21)25-4)14(11-12)20(23)24/h5-6,11H,7-10H2,1-4H3. The molecule has 0 aromatic heterocycles. The SMILES string of the molecule is COC(=O)c1ccc(N2CCN(C(=O)OC(C)(C)C)CC2)cc1[N+](=O)[O-]. The normalized spacial score (nSPS) is 14.8. The van der Waals surface area contributed by atoms with Crippen molar-refractivity contribution >= 4 is 23.4 Å². The highest BCUT2D eigenvalue weighted by atomic mass is 16.6. The van der Waals surface area contributed by atoms with E-state index in [1.807, 2.05) is 25.7 Å². The molecule has 0 saturated carbocycles. The fourth-order valence-corrected chi connectivity index (χ4v) is 2.62. The summed E-state index contributed by atoms with van der Waals surface area (Å²) in [4.78, 5) is 37.9. The summed E-state index contributed by atoms with van der Waals surface area (Å²) >= 11 is 0. The molecule has 9 nitrogen and oxygen atoms in total. The van der Waals surface area contributed by atoms with Crippen LogP contribution >= 0.6 is 0 Å². The fourth-order valence-electron chi connectivity index (χ4n) is 2.62. The van der Waals surface area contributed by atoms with E-state index in [4.69, 9.17) is 4.74 Å². The maximum atomic E-state index is 12.1. The number of rotatable bonds is 3. The predicted molar refractivity (Wildman–Crippen MR) is 94.5 cm³/mol. The minimum atomic E-state index is -0.752. The number of amides is 1. The highest BCUT2D eigenvalue weighted by Crippen LogP contribution is 2.27. The van der Waals surface area contributed by atoms with Gasteiger partial charge in [-0.05, 0) is 32.9 Å². The first-order valence-electron chi connectivity index (χ1n) is 8.22. The van der Waals surface area contributed by atoms with Crippen LogP contribution in [0.3, 0.4) is 0 Å². The zero-order chi connectivity index (χ0) is 19.5. The number of nitro groups is 1. The molecule has 0 atom stereocenters. The number of ether oxygens (including phenoxy) is 2. The molecule has 1 amide bonds. The van der Waals surface area contributed by atoms with E-state index in [2.05, 4.69) is 4.74 Å². The number of anilines is 1. The molecule has 1 aromatic carbocycles. The van der Waals surface area contributed by atoms with Crippen LogP contribution in [0.1, 0.15) is 31.1 Å². The molecule has 0 spiro atoms. The van der Waals surface area contributed by atoms with Crippen LogP contribution in [0.15, 0.2) is 18.2 Å². The van der Waals surface area contributed by atoms with Gasteiger partial charge in [-0.2, -0.15) is 0 Å². The van der Waals surface area contributed by atoms with Gasteiger partial charge < -0.3 is 19.3 Å². The lowest BCUT2D eigenvalue weighted by atomic mass is 10.1. The predicted octanol–water partition coefficient (Wildman–Crippen LogP) is 2.44. The number of nitrogens with zero attached hydrogens (tertiary/aromatic N) is 3. The molecule has 26 heavy (non-hydrogen) atoms. The molecule has 1 aliphatic rings. The third-order valence-electron chi connectivity index (χ3n) is 3.88. The number of methoxy groups -OCH3 is 1. The summed E-state index contributed by atoms with van der Waals surface area (Å²) in [6.45, 7) is 7.33. The quantitative estimate of drug-likeness (QED) is 0.460. The fraction of sp³-hybridized carbons (Fsp3) is 0.529. The second-order valence-electron chi connectivity index (χ2n) is 6.90. The van der Waals surface area contributed by atoms with Crippen LogP contribution in [0.4, 0.5) is 16.2 Å². The van der Waals surface area contributed by atoms with Crippen LogP contribution < -0.4 is 4.90 Å². The molecule has 1 aliphatic heterocycles. The number of piperazine rings is 1. The minimum Gasteiger partial charge on any atom is -0.465 e. The van der Waals surface area contributed by atoms with Gasteiger partial charge in [0.2, 0.25) is 0 Å². The number of carbonyl (C=O) groups excluding carboxylic acids is 2. The number of nitro benzene ring substituents is 1. The molecule has 142 valence electrons. The Balaban J connectivity index is 2.10. The summed E-state index contributed by atoms with van der Waals surface area (Å²) in [5.74, 6) is -0.752. The Bertz CT molecular complexity index is 705. The molecule has 0 radical (unpaired) electrons. The summed E-state index contributed by atoms with van der Waals surface area (Å²) in [5, 5.41) is 11.3. The molecule has 0 bridgehead atoms. The van der Waals surface area contributed by atoms with E-state index in [1.165, 1.54) is 19.2 Å². The molecule has 2 rings (SSSR count). The summed E-state index contributed by atoms with van der Waals surface area (Å²) in [7, 11) is 1.18. The lowest BCUT2D eigenvalue weighted by Gasteiger charge is -2.36. The molecule has 9 heteroatoms. The van der Waals surface area contributed by atoms with E-state index >= 15 is 0 Å². The van der Waals surface area contributed by atoms with E-state index in [0.29, 0.717) is 31.9 Å². The Hall–Kier alpha value is -2.84. The van der Waals surface area contributed by atoms with Crippen molar-refractivity contribution in [3.63, 3.8) is 0 Å². The molecule has 0 unspecified atom stereocenters. The molecular formula is C17H23N3O6. The van der Waals surface area contributed by atoms with Crippen molar-refractivity contribution in [3.05, 3.63) is 33.9 Å². The summed E-state index contributed by atoms with van der Waals surface area (Å²) in [6, 6.07) is 4.39. The monoisotopic (exact) mass is 365 g/mol. The first-order chi connectivity index (χ1) is 12.1. The topological polar surface area (TPSA) is 102 Å². The Labute approximate surface area is 151 Å². The number of carbonyl (C=O) groups is 2. The van der Waals surface area contributed by atoms with Crippen molar-refractivity contribution in [1.29, 1.82) is 0 Å². The smallest absolute Gasteiger partial charge is 0.410 e. The first-order valence-corrected chi connectivity index (χ1v) is 8.22. The maximum Gasteiger partial charge on any atom is 0.410 e. The Morgan fingerprint density at radius 1 is 1.15 bits per heavy atom. The van der Waals surface area contributed by atoms with Crippen LogP contribution in [0, 0.1) is 10.1 Å². The first kappa shape index (κ1) is 19.5. The number of benzene rings is 1. The van der Waals surface area contributed by atoms with Gasteiger partial charge in [-0.3, -0.25) is 10.1 Å². The zero-order valence-electron chi connectivity index (χ0n) is 15.4. The molecule has 0 aliphatic carbocycles. The van der Waals surface area contributed by atoms with Crippen LogP contribution in [-0.4, -0.2) is 60.8 Å². The van der Waals surface area contributed by atoms with Crippen molar-refractivity contribution < 1.29 is 24.0 Å². The van der Waals surface area contributed by atoms with Crippen LogP contribution in [0.2, 0.25) is 0 Å². The maximum absolute atomic E-state index is 12.1. The summed E-state index contributed by atoms with van der Waals surface area (Å²) < 4.78 is 9.93. The van der Waals surface area contributed by atoms with E-state index in [9.17, 15) is 19.7 Å². The van der Waals surface area contributed by atoms with Crippen molar-refractivity contribution in [3.8, 4) is 0 Å². The minimum absolute atomic E-state index is 0.0892. The summed E-state index contributed by atoms with van der Waals surface area (Å²) in [6.07, 6.45) is -0.371. The average molecular weight is 365 g/mol. The van der Waals surface area contributed by atoms with E-state index in [0.717, 1.165) is 0 Å². The lowest BCUT2D eigenvalue weighted by Crippen LogP contribution is -2.50. The third-order valence-corrected chi connectivity index (χ3v) is 3.88. The highest BCUT2D eigenvalue weighted by molar-refractivity contribution is 5.94. The van der Waals surface area contributed by atoms with Gasteiger partial charge in [0.25, 0.3) is 5.69 Å². The molecule has 1 fully saturated rings. The number of hydrogen-bond donors (Lipinski definition) is 0. The Kier molecular flexibility index (Phi) is 5.69. The average Bonchev–Trinajstić information content (AvgIpc) is 2.59. The van der Waals surface area contributed by atoms with Gasteiger partial charge in [0.15, 0.2) is 0 Å². The van der Waals surface area contributed by atoms with Gasteiger partial charge in [-0.1, -0.05) is 0 Å². The van der Waals surface area contributed by atoms with Crippen molar-refractivity contribution in [1.82, 2.24) is 4.90 Å². The van der Waals surface area contributed by atoms with Gasteiger partial charge in [0.1, 0.15) is 11.2 Å². The van der Waals surface area contributed by atoms with Crippen LogP contribution in [0.5, 0.6) is 0 Å². The molecule has 0 N–H and O–H groups in total. The second kappa shape index (κ2) is 7.59. The van der Waals surface area contributed by atoms with Gasteiger partial charge in [0, 0.05) is 37.9 Å². The van der Waals surface area contributed by atoms with Crippen LogP contribution in [-0.2, 0) is 9.47 Å². The zero-order valence-corrected chi connectivity index (χ0v) is 15.4. The van der Waals surface area contributed by atoms with Crippen molar-refractivity contribution in [2.24, 2.45) is 0 Å². The van der Waals surface area contributed by atoms with Gasteiger partial charge >= 0.3 is 12.1 Å². The third kappa shape index (κ3) is 4.62. The molecule has 1 heterocycles. The second-order valence-corrected chi connectivity index (χ2v) is 6.90. The molecule has 1 aromatic rings. The van der Waals surface area contributed by atoms with E-state index in [-0.39, 0.29) is 17.3 Å². The van der Waals surface area contributed by atoms with Gasteiger partial charge in [0.05, 0.1) is 12.0 Å². The van der Waals surface area contributed by atoms with Crippen molar-refractivity contribution in [2.45, 2.75) is 26.4 Å². The Morgan fingerprint density at radius 3 is 2.27 bits per heavy atom. The van der Waals surface area contributed by atoms with Gasteiger partial charge in [-0.25, -0.2) is 9.59 Å². The van der Waals surface area contributed by atoms with Crippen LogP contribution in [0.25, 0.3) is 0 Å². The largest absolute Gasteiger partial charge is 0.465 e. The summed E-state index contributed by atoms with van der Waals surface area (Å²) in [5.41, 5.74) is -0.329. The molecular weight excluding hydrogens is 342 g/mol. The molecule has 1 saturated heterocycles. The van der Waals surface area contributed by atoms with Crippen molar-refractivity contribution in [2.75, 3.05) is 38.2 Å². The van der Waals surface area contributed by atoms with Gasteiger partial charge in [-0.15, -0.1) is 0 Å². The van der Waals surface area contributed by atoms with E-state index < -0.39 is 16.5 Å². The number of esters is 1. The number of hydrogen-bond acceptors (Lipinski definition) is 7.